The van der Waals surface area contributed by atoms with Crippen molar-refractivity contribution in [3.05, 3.63) is 59.9 Å². The van der Waals surface area contributed by atoms with Gasteiger partial charge in [-0.05, 0) is 44.0 Å². The number of ether oxygens (including phenoxy) is 1. The van der Waals surface area contributed by atoms with Crippen molar-refractivity contribution in [3.8, 4) is 5.75 Å². The van der Waals surface area contributed by atoms with Gasteiger partial charge in [-0.15, -0.1) is 0 Å². The van der Waals surface area contributed by atoms with Gasteiger partial charge < -0.3 is 10.1 Å². The Hall–Kier alpha value is -2.60. The van der Waals surface area contributed by atoms with E-state index in [4.69, 9.17) is 4.74 Å². The van der Waals surface area contributed by atoms with Crippen LogP contribution in [0.15, 0.2) is 53.6 Å². The van der Waals surface area contributed by atoms with Crippen LogP contribution in [0.5, 0.6) is 5.75 Å². The molecule has 3 rings (SSSR count). The number of hydrogen-bond donors (Lipinski definition) is 1. The average Bonchev–Trinajstić information content (AvgIpc) is 2.68. The van der Waals surface area contributed by atoms with Gasteiger partial charge in [0.05, 0.1) is 17.9 Å². The molecule has 0 radical (unpaired) electrons. The quantitative estimate of drug-likeness (QED) is 0.498. The van der Waals surface area contributed by atoms with E-state index in [-0.39, 0.29) is 11.2 Å². The molecule has 0 aliphatic carbocycles. The second kappa shape index (κ2) is 8.86. The lowest BCUT2D eigenvalue weighted by Gasteiger charge is -2.13. The number of aromatic nitrogens is 2. The van der Waals surface area contributed by atoms with Crippen molar-refractivity contribution < 1.29 is 9.53 Å². The van der Waals surface area contributed by atoms with E-state index >= 15 is 0 Å². The normalized spacial score (nSPS) is 12.0. The molecule has 0 fully saturated rings. The molecule has 1 atom stereocenters. The summed E-state index contributed by atoms with van der Waals surface area (Å²) in [6, 6.07) is 15.8. The molecule has 140 valence electrons. The summed E-state index contributed by atoms with van der Waals surface area (Å²) in [4.78, 5) is 21.4. The number of amides is 1. The Morgan fingerprint density at radius 2 is 1.89 bits per heavy atom. The molecule has 1 amide bonds. The van der Waals surface area contributed by atoms with Gasteiger partial charge in [0.2, 0.25) is 5.91 Å². The third-order valence-corrected chi connectivity index (χ3v) is 5.31. The lowest BCUT2D eigenvalue weighted by atomic mass is 10.1. The van der Waals surface area contributed by atoms with Crippen LogP contribution < -0.4 is 10.1 Å². The summed E-state index contributed by atoms with van der Waals surface area (Å²) >= 11 is 1.47. The highest BCUT2D eigenvalue weighted by atomic mass is 32.2. The number of thioether (sulfide) groups is 1. The van der Waals surface area contributed by atoms with Crippen molar-refractivity contribution in [2.45, 2.75) is 30.5 Å². The molecule has 3 aromatic rings. The molecular formula is C21H23N3O2S. The summed E-state index contributed by atoms with van der Waals surface area (Å²) in [7, 11) is 1.65. The highest BCUT2D eigenvalue weighted by molar-refractivity contribution is 8.00. The summed E-state index contributed by atoms with van der Waals surface area (Å²) in [6.45, 7) is 4.37. The molecule has 2 aromatic carbocycles. The number of aryl methyl sites for hydroxylation is 1. The van der Waals surface area contributed by atoms with Gasteiger partial charge in [-0.2, -0.15) is 0 Å². The molecule has 5 nitrogen and oxygen atoms in total. The van der Waals surface area contributed by atoms with Gasteiger partial charge in [0.25, 0.3) is 0 Å². The highest BCUT2D eigenvalue weighted by Gasteiger charge is 2.17. The van der Waals surface area contributed by atoms with Crippen LogP contribution >= 0.6 is 11.8 Å². The smallest absolute Gasteiger partial charge is 0.233 e. The number of fused-ring (bicyclic) bond motifs is 1. The van der Waals surface area contributed by atoms with Gasteiger partial charge in [0, 0.05) is 11.9 Å². The van der Waals surface area contributed by atoms with Crippen molar-refractivity contribution >= 4 is 28.6 Å². The highest BCUT2D eigenvalue weighted by Crippen LogP contribution is 2.28. The zero-order valence-electron chi connectivity index (χ0n) is 15.7. The molecule has 0 unspecified atom stereocenters. The molecular weight excluding hydrogens is 358 g/mol. The SMILES string of the molecule is COc1ccc(CCNC(=O)[C@H](C)Sc2nc(C)nc3ccccc23)cc1. The Balaban J connectivity index is 1.57. The Kier molecular flexibility index (Phi) is 6.29. The van der Waals surface area contributed by atoms with Gasteiger partial charge in [0.1, 0.15) is 16.6 Å². The molecule has 0 saturated carbocycles. The van der Waals surface area contributed by atoms with E-state index in [9.17, 15) is 4.79 Å². The van der Waals surface area contributed by atoms with Crippen molar-refractivity contribution in [2.75, 3.05) is 13.7 Å². The first-order valence-corrected chi connectivity index (χ1v) is 9.75. The summed E-state index contributed by atoms with van der Waals surface area (Å²) in [6.07, 6.45) is 0.780. The number of rotatable bonds is 7. The second-order valence-corrected chi connectivity index (χ2v) is 7.57. The molecule has 6 heteroatoms. The standard InChI is InChI=1S/C21H23N3O2S/c1-14(20(25)22-13-12-16-8-10-17(26-3)11-9-16)27-21-18-6-4-5-7-19(18)23-15(2)24-21/h4-11,14H,12-13H2,1-3H3,(H,22,25)/t14-/m0/s1. The first-order chi connectivity index (χ1) is 13.1. The first-order valence-electron chi connectivity index (χ1n) is 8.87. The molecule has 0 spiro atoms. The fraction of sp³-hybridized carbons (Fsp3) is 0.286. The molecule has 27 heavy (non-hydrogen) atoms. The molecule has 0 saturated heterocycles. The molecule has 1 aromatic heterocycles. The van der Waals surface area contributed by atoms with Gasteiger partial charge in [0.15, 0.2) is 0 Å². The number of methoxy groups -OCH3 is 1. The van der Waals surface area contributed by atoms with Crippen molar-refractivity contribution in [3.63, 3.8) is 0 Å². The van der Waals surface area contributed by atoms with Gasteiger partial charge in [-0.3, -0.25) is 4.79 Å². The summed E-state index contributed by atoms with van der Waals surface area (Å²) in [5.41, 5.74) is 2.06. The largest absolute Gasteiger partial charge is 0.497 e. The van der Waals surface area contributed by atoms with Crippen molar-refractivity contribution in [1.82, 2.24) is 15.3 Å². The first kappa shape index (κ1) is 19.2. The van der Waals surface area contributed by atoms with E-state index < -0.39 is 0 Å². The molecule has 0 bridgehead atoms. The number of carbonyl (C=O) groups excluding carboxylic acids is 1. The second-order valence-electron chi connectivity index (χ2n) is 6.24. The van der Waals surface area contributed by atoms with E-state index in [0.29, 0.717) is 12.4 Å². The van der Waals surface area contributed by atoms with Crippen LogP contribution in [0.25, 0.3) is 10.9 Å². The average molecular weight is 382 g/mol. The summed E-state index contributed by atoms with van der Waals surface area (Å²) in [5.74, 6) is 1.55. The zero-order chi connectivity index (χ0) is 19.2. The van der Waals surface area contributed by atoms with Crippen LogP contribution in [0.4, 0.5) is 0 Å². The molecule has 0 aliphatic rings. The summed E-state index contributed by atoms with van der Waals surface area (Å²) < 4.78 is 5.16. The summed E-state index contributed by atoms with van der Waals surface area (Å²) in [5, 5.41) is 4.59. The fourth-order valence-corrected chi connectivity index (χ4v) is 3.74. The van der Waals surface area contributed by atoms with E-state index in [0.717, 1.165) is 33.7 Å². The topological polar surface area (TPSA) is 64.1 Å². The lowest BCUT2D eigenvalue weighted by molar-refractivity contribution is -0.120. The van der Waals surface area contributed by atoms with Crippen LogP contribution in [0.3, 0.4) is 0 Å². The Labute approximate surface area is 163 Å². The Morgan fingerprint density at radius 3 is 2.63 bits per heavy atom. The molecule has 1 N–H and O–H groups in total. The van der Waals surface area contributed by atoms with Crippen LogP contribution in [0, 0.1) is 6.92 Å². The van der Waals surface area contributed by atoms with Crippen molar-refractivity contribution in [1.29, 1.82) is 0 Å². The Bertz CT molecular complexity index is 928. The van der Waals surface area contributed by atoms with E-state index in [2.05, 4.69) is 15.3 Å². The van der Waals surface area contributed by atoms with E-state index in [1.807, 2.05) is 62.4 Å². The molecule has 1 heterocycles. The Morgan fingerprint density at radius 1 is 1.15 bits per heavy atom. The number of nitrogens with zero attached hydrogens (tertiary/aromatic N) is 2. The maximum atomic E-state index is 12.5. The van der Waals surface area contributed by atoms with E-state index in [1.165, 1.54) is 11.8 Å². The number of benzene rings is 2. The lowest BCUT2D eigenvalue weighted by Crippen LogP contribution is -2.32. The van der Waals surface area contributed by atoms with Gasteiger partial charge in [-0.25, -0.2) is 9.97 Å². The van der Waals surface area contributed by atoms with Crippen LogP contribution in [0.1, 0.15) is 18.3 Å². The third-order valence-electron chi connectivity index (χ3n) is 4.21. The van der Waals surface area contributed by atoms with Crippen LogP contribution in [0.2, 0.25) is 0 Å². The molecule has 0 aliphatic heterocycles. The van der Waals surface area contributed by atoms with E-state index in [1.54, 1.807) is 7.11 Å². The number of nitrogens with one attached hydrogen (secondary N) is 1. The fourth-order valence-electron chi connectivity index (χ4n) is 2.74. The maximum Gasteiger partial charge on any atom is 0.233 e. The monoisotopic (exact) mass is 381 g/mol. The minimum absolute atomic E-state index is 0.00820. The van der Waals surface area contributed by atoms with Gasteiger partial charge in [-0.1, -0.05) is 42.1 Å². The predicted molar refractivity (Wildman–Crippen MR) is 109 cm³/mol. The number of hydrogen-bond acceptors (Lipinski definition) is 5. The number of carbonyl (C=O) groups is 1. The maximum absolute atomic E-state index is 12.5. The van der Waals surface area contributed by atoms with Crippen molar-refractivity contribution in [2.24, 2.45) is 0 Å². The predicted octanol–water partition coefficient (Wildman–Crippen LogP) is 3.79. The minimum Gasteiger partial charge on any atom is -0.497 e. The van der Waals surface area contributed by atoms with Crippen LogP contribution in [-0.2, 0) is 11.2 Å². The third kappa shape index (κ3) is 4.98. The minimum atomic E-state index is -0.237. The van der Waals surface area contributed by atoms with Gasteiger partial charge >= 0.3 is 0 Å². The van der Waals surface area contributed by atoms with Crippen LogP contribution in [-0.4, -0.2) is 34.8 Å². The number of para-hydroxylation sites is 1. The zero-order valence-corrected chi connectivity index (χ0v) is 16.5.